The molecule has 6 nitrogen and oxygen atoms in total. The lowest BCUT2D eigenvalue weighted by atomic mass is 10.2. The minimum atomic E-state index is -0.371. The monoisotopic (exact) mass is 392 g/mol. The van der Waals surface area contributed by atoms with Crippen LogP contribution in [0, 0.1) is 0 Å². The van der Waals surface area contributed by atoms with Crippen LogP contribution in [0.5, 0.6) is 17.2 Å². The van der Waals surface area contributed by atoms with Crippen LogP contribution in [0.25, 0.3) is 0 Å². The molecule has 126 valence electrons. The Morgan fingerprint density at radius 1 is 1.17 bits per heavy atom. The van der Waals surface area contributed by atoms with Crippen molar-refractivity contribution in [3.8, 4) is 17.2 Å². The largest absolute Gasteiger partial charge is 0.497 e. The number of carbonyl (C=O) groups is 1. The zero-order valence-corrected chi connectivity index (χ0v) is 14.9. The molecule has 0 saturated carbocycles. The average molecular weight is 393 g/mol. The molecule has 1 amide bonds. The normalized spacial score (nSPS) is 10.5. The minimum absolute atomic E-state index is 0.159. The Hall–Kier alpha value is -2.54. The van der Waals surface area contributed by atoms with Crippen molar-refractivity contribution in [3.63, 3.8) is 0 Å². The highest BCUT2D eigenvalue weighted by Gasteiger charge is 2.06. The smallest absolute Gasteiger partial charge is 0.277 e. The Balaban J connectivity index is 1.86. The number of para-hydroxylation sites is 1. The molecule has 0 saturated heterocycles. The second-order valence-electron chi connectivity index (χ2n) is 4.62. The molecule has 0 aromatic heterocycles. The number of nitrogens with one attached hydrogen (secondary N) is 1. The van der Waals surface area contributed by atoms with Gasteiger partial charge in [0.1, 0.15) is 17.2 Å². The molecule has 2 rings (SSSR count). The first-order chi connectivity index (χ1) is 11.6. The minimum Gasteiger partial charge on any atom is -0.497 e. The molecule has 0 heterocycles. The maximum Gasteiger partial charge on any atom is 0.277 e. The van der Waals surface area contributed by atoms with Gasteiger partial charge in [-0.1, -0.05) is 12.1 Å². The fourth-order valence-electron chi connectivity index (χ4n) is 1.85. The lowest BCUT2D eigenvalue weighted by molar-refractivity contribution is -0.123. The Labute approximate surface area is 148 Å². The molecule has 0 bridgehead atoms. The molecule has 0 radical (unpaired) electrons. The summed E-state index contributed by atoms with van der Waals surface area (Å²) in [4.78, 5) is 11.8. The lowest BCUT2D eigenvalue weighted by Crippen LogP contribution is -2.24. The first kappa shape index (κ1) is 17.8. The number of hydrazone groups is 1. The van der Waals surface area contributed by atoms with Crippen LogP contribution in [0.1, 0.15) is 5.56 Å². The van der Waals surface area contributed by atoms with E-state index in [9.17, 15) is 4.79 Å². The van der Waals surface area contributed by atoms with E-state index in [2.05, 4.69) is 26.5 Å². The van der Waals surface area contributed by atoms with Crippen LogP contribution < -0.4 is 19.6 Å². The summed E-state index contributed by atoms with van der Waals surface area (Å²) in [7, 11) is 3.15. The fraction of sp³-hybridized carbons (Fsp3) is 0.176. The van der Waals surface area contributed by atoms with E-state index in [4.69, 9.17) is 14.2 Å². The third-order valence-corrected chi connectivity index (χ3v) is 3.65. The molecule has 0 spiro atoms. The summed E-state index contributed by atoms with van der Waals surface area (Å²) in [5, 5.41) is 3.90. The zero-order valence-electron chi connectivity index (χ0n) is 13.3. The van der Waals surface area contributed by atoms with Crippen molar-refractivity contribution in [2.45, 2.75) is 0 Å². The summed E-state index contributed by atoms with van der Waals surface area (Å²) in [6.07, 6.45) is 1.51. The number of ether oxygens (including phenoxy) is 3. The van der Waals surface area contributed by atoms with E-state index in [1.165, 1.54) is 6.21 Å². The Morgan fingerprint density at radius 3 is 2.67 bits per heavy atom. The van der Waals surface area contributed by atoms with E-state index in [-0.39, 0.29) is 12.5 Å². The second-order valence-corrected chi connectivity index (χ2v) is 5.47. The summed E-state index contributed by atoms with van der Waals surface area (Å²) >= 11 is 3.36. The van der Waals surface area contributed by atoms with Crippen molar-refractivity contribution in [1.29, 1.82) is 0 Å². The molecule has 1 N–H and O–H groups in total. The van der Waals surface area contributed by atoms with Gasteiger partial charge in [-0.15, -0.1) is 0 Å². The van der Waals surface area contributed by atoms with Crippen LogP contribution in [0.4, 0.5) is 0 Å². The van der Waals surface area contributed by atoms with Gasteiger partial charge in [-0.25, -0.2) is 5.43 Å². The van der Waals surface area contributed by atoms with Crippen LogP contribution in [0.15, 0.2) is 52.0 Å². The van der Waals surface area contributed by atoms with Crippen LogP contribution in [0.3, 0.4) is 0 Å². The van der Waals surface area contributed by atoms with Crippen molar-refractivity contribution in [1.82, 2.24) is 5.43 Å². The van der Waals surface area contributed by atoms with Gasteiger partial charge in [-0.2, -0.15) is 5.10 Å². The quantitative estimate of drug-likeness (QED) is 0.580. The van der Waals surface area contributed by atoms with Crippen LogP contribution >= 0.6 is 15.9 Å². The summed E-state index contributed by atoms with van der Waals surface area (Å²) in [6.45, 7) is -0.159. The van der Waals surface area contributed by atoms with Gasteiger partial charge in [0, 0.05) is 5.56 Å². The fourth-order valence-corrected chi connectivity index (χ4v) is 2.32. The number of nitrogens with zero attached hydrogens (tertiary/aromatic N) is 1. The van der Waals surface area contributed by atoms with Gasteiger partial charge in [0.2, 0.25) is 0 Å². The number of hydrogen-bond acceptors (Lipinski definition) is 5. The van der Waals surface area contributed by atoms with Gasteiger partial charge < -0.3 is 14.2 Å². The highest BCUT2D eigenvalue weighted by Crippen LogP contribution is 2.28. The molecule has 0 aliphatic heterocycles. The molecule has 2 aromatic rings. The molecule has 0 aliphatic rings. The first-order valence-corrected chi connectivity index (χ1v) is 7.84. The Kier molecular flexibility index (Phi) is 6.62. The van der Waals surface area contributed by atoms with Gasteiger partial charge in [0.15, 0.2) is 6.61 Å². The van der Waals surface area contributed by atoms with E-state index in [1.807, 2.05) is 24.3 Å². The van der Waals surface area contributed by atoms with E-state index in [1.54, 1.807) is 32.4 Å². The molecule has 2 aromatic carbocycles. The standard InChI is InChI=1S/C17H17BrN2O4/c1-22-13-7-8-16(14(18)9-13)24-11-17(21)20-19-10-12-5-3-4-6-15(12)23-2/h3-10H,11H2,1-2H3,(H,20,21)/b19-10+. The maximum atomic E-state index is 11.8. The predicted molar refractivity (Wildman–Crippen MR) is 94.9 cm³/mol. The summed E-state index contributed by atoms with van der Waals surface area (Å²) < 4.78 is 16.4. The SMILES string of the molecule is COc1ccc(OCC(=O)N/N=C/c2ccccc2OC)c(Br)c1. The van der Waals surface area contributed by atoms with Crippen molar-refractivity contribution < 1.29 is 19.0 Å². The van der Waals surface area contributed by atoms with Gasteiger partial charge in [-0.05, 0) is 46.3 Å². The average Bonchev–Trinajstić information content (AvgIpc) is 2.61. The number of amides is 1. The topological polar surface area (TPSA) is 69.2 Å². The van der Waals surface area contributed by atoms with Gasteiger partial charge >= 0.3 is 0 Å². The van der Waals surface area contributed by atoms with Crippen molar-refractivity contribution in [2.24, 2.45) is 5.10 Å². The highest BCUT2D eigenvalue weighted by atomic mass is 79.9. The Morgan fingerprint density at radius 2 is 1.96 bits per heavy atom. The second kappa shape index (κ2) is 8.93. The van der Waals surface area contributed by atoms with E-state index >= 15 is 0 Å². The molecule has 7 heteroatoms. The van der Waals surface area contributed by atoms with Crippen LogP contribution in [-0.2, 0) is 4.79 Å². The first-order valence-electron chi connectivity index (χ1n) is 7.05. The van der Waals surface area contributed by atoms with Crippen molar-refractivity contribution in [2.75, 3.05) is 20.8 Å². The Bertz CT molecular complexity index is 734. The van der Waals surface area contributed by atoms with E-state index in [0.717, 1.165) is 5.56 Å². The zero-order chi connectivity index (χ0) is 17.4. The molecular weight excluding hydrogens is 376 g/mol. The van der Waals surface area contributed by atoms with Gasteiger partial charge in [0.05, 0.1) is 24.9 Å². The van der Waals surface area contributed by atoms with E-state index in [0.29, 0.717) is 21.7 Å². The highest BCUT2D eigenvalue weighted by molar-refractivity contribution is 9.10. The number of carbonyl (C=O) groups excluding carboxylic acids is 1. The summed E-state index contributed by atoms with van der Waals surface area (Å²) in [6, 6.07) is 12.6. The number of halogens is 1. The summed E-state index contributed by atoms with van der Waals surface area (Å²) in [5.74, 6) is 1.54. The molecule has 0 atom stereocenters. The van der Waals surface area contributed by atoms with Gasteiger partial charge in [0.25, 0.3) is 5.91 Å². The number of benzene rings is 2. The van der Waals surface area contributed by atoms with Crippen molar-refractivity contribution in [3.05, 3.63) is 52.5 Å². The maximum absolute atomic E-state index is 11.8. The third kappa shape index (κ3) is 4.99. The lowest BCUT2D eigenvalue weighted by Gasteiger charge is -2.08. The predicted octanol–water partition coefficient (Wildman–Crippen LogP) is 3.00. The van der Waals surface area contributed by atoms with Gasteiger partial charge in [-0.3, -0.25) is 4.79 Å². The molecular formula is C17H17BrN2O4. The molecule has 0 unspecified atom stereocenters. The number of methoxy groups -OCH3 is 2. The number of hydrogen-bond donors (Lipinski definition) is 1. The third-order valence-electron chi connectivity index (χ3n) is 3.03. The molecule has 0 fully saturated rings. The summed E-state index contributed by atoms with van der Waals surface area (Å²) in [5.41, 5.74) is 3.17. The van der Waals surface area contributed by atoms with Crippen molar-refractivity contribution >= 4 is 28.1 Å². The van der Waals surface area contributed by atoms with E-state index < -0.39 is 0 Å². The van der Waals surface area contributed by atoms with Crippen LogP contribution in [0.2, 0.25) is 0 Å². The number of rotatable bonds is 7. The van der Waals surface area contributed by atoms with Crippen LogP contribution in [-0.4, -0.2) is 32.9 Å². The molecule has 0 aliphatic carbocycles. The molecule has 24 heavy (non-hydrogen) atoms.